The maximum Gasteiger partial charge on any atom is 0.257 e. The highest BCUT2D eigenvalue weighted by Gasteiger charge is 2.41. The molecule has 0 unspecified atom stereocenters. The van der Waals surface area contributed by atoms with E-state index in [0.717, 1.165) is 43.6 Å². The zero-order valence-electron chi connectivity index (χ0n) is 18.8. The summed E-state index contributed by atoms with van der Waals surface area (Å²) in [6.07, 6.45) is 5.89. The Balaban J connectivity index is 1.91. The summed E-state index contributed by atoms with van der Waals surface area (Å²) < 4.78 is 1.82. The molecule has 1 fully saturated rings. The van der Waals surface area contributed by atoms with Gasteiger partial charge in [-0.2, -0.15) is 5.10 Å². The van der Waals surface area contributed by atoms with Crippen LogP contribution in [-0.2, 0) is 0 Å². The largest absolute Gasteiger partial charge is 0.335 e. The molecule has 0 aliphatic carbocycles. The molecule has 1 amide bonds. The fraction of sp³-hybridized carbons (Fsp3) is 0.583. The van der Waals surface area contributed by atoms with E-state index in [-0.39, 0.29) is 23.0 Å². The number of piperidine rings is 1. The van der Waals surface area contributed by atoms with Crippen molar-refractivity contribution in [2.45, 2.75) is 84.3 Å². The number of unbranched alkanes of at least 4 members (excludes halogenated alkanes) is 1. The fourth-order valence-corrected chi connectivity index (χ4v) is 4.80. The average molecular weight is 397 g/mol. The molecule has 0 spiro atoms. The van der Waals surface area contributed by atoms with Crippen molar-refractivity contribution in [3.63, 3.8) is 0 Å². The van der Waals surface area contributed by atoms with Crippen molar-refractivity contribution in [2.75, 3.05) is 6.54 Å². The van der Waals surface area contributed by atoms with Crippen LogP contribution in [0.5, 0.6) is 0 Å². The maximum absolute atomic E-state index is 13.7. The van der Waals surface area contributed by atoms with Gasteiger partial charge in [0.2, 0.25) is 0 Å². The van der Waals surface area contributed by atoms with Crippen molar-refractivity contribution in [2.24, 2.45) is 0 Å². The predicted molar refractivity (Wildman–Crippen MR) is 119 cm³/mol. The van der Waals surface area contributed by atoms with Gasteiger partial charge in [0.15, 0.2) is 0 Å². The first-order valence-corrected chi connectivity index (χ1v) is 10.8. The third-order valence-corrected chi connectivity index (χ3v) is 5.77. The van der Waals surface area contributed by atoms with Gasteiger partial charge in [0, 0.05) is 29.9 Å². The number of benzene rings is 1. The van der Waals surface area contributed by atoms with E-state index in [2.05, 4.69) is 49.9 Å². The number of aryl methyl sites for hydroxylation is 1. The third-order valence-electron chi connectivity index (χ3n) is 5.77. The molecule has 0 bridgehead atoms. The Labute approximate surface area is 175 Å². The van der Waals surface area contributed by atoms with E-state index in [0.29, 0.717) is 5.56 Å². The van der Waals surface area contributed by atoms with Crippen LogP contribution in [-0.4, -0.2) is 44.3 Å². The van der Waals surface area contributed by atoms with Gasteiger partial charge in [0.25, 0.3) is 5.91 Å². The van der Waals surface area contributed by atoms with Gasteiger partial charge in [-0.05, 0) is 66.0 Å². The second-order valence-electron chi connectivity index (χ2n) is 9.72. The highest BCUT2D eigenvalue weighted by atomic mass is 16.2. The minimum absolute atomic E-state index is 0.000423. The minimum Gasteiger partial charge on any atom is -0.335 e. The lowest BCUT2D eigenvalue weighted by atomic mass is 9.78. The minimum atomic E-state index is 0.000423. The molecule has 0 atom stereocenters. The van der Waals surface area contributed by atoms with Crippen molar-refractivity contribution < 1.29 is 4.79 Å². The SMILES string of the molecule is CCCCN(C(=O)c1cn(-c2ccccc2)nc1C)C1CC(C)(C)NC(C)(C)C1. The lowest BCUT2D eigenvalue weighted by Gasteiger charge is -2.49. The van der Waals surface area contributed by atoms with Crippen molar-refractivity contribution >= 4 is 5.91 Å². The molecule has 0 saturated carbocycles. The van der Waals surface area contributed by atoms with Crippen molar-refractivity contribution in [3.8, 4) is 5.69 Å². The van der Waals surface area contributed by atoms with Crippen LogP contribution in [0.1, 0.15) is 76.4 Å². The van der Waals surface area contributed by atoms with Gasteiger partial charge >= 0.3 is 0 Å². The molecular formula is C24H36N4O. The van der Waals surface area contributed by atoms with E-state index in [1.165, 1.54) is 0 Å². The van der Waals surface area contributed by atoms with Gasteiger partial charge in [-0.1, -0.05) is 31.5 Å². The quantitative estimate of drug-likeness (QED) is 0.768. The molecule has 5 nitrogen and oxygen atoms in total. The van der Waals surface area contributed by atoms with E-state index in [1.807, 2.05) is 48.1 Å². The van der Waals surface area contributed by atoms with Gasteiger partial charge in [-0.15, -0.1) is 0 Å². The van der Waals surface area contributed by atoms with Gasteiger partial charge in [-0.3, -0.25) is 4.79 Å². The molecule has 1 N–H and O–H groups in total. The van der Waals surface area contributed by atoms with Crippen molar-refractivity contribution in [1.29, 1.82) is 0 Å². The lowest BCUT2D eigenvalue weighted by molar-refractivity contribution is 0.0441. The number of amides is 1. The maximum atomic E-state index is 13.7. The van der Waals surface area contributed by atoms with Crippen LogP contribution in [0.3, 0.4) is 0 Å². The summed E-state index contributed by atoms with van der Waals surface area (Å²) >= 11 is 0. The third kappa shape index (κ3) is 5.08. The summed E-state index contributed by atoms with van der Waals surface area (Å²) in [5.74, 6) is 0.108. The Morgan fingerprint density at radius 2 is 1.79 bits per heavy atom. The van der Waals surface area contributed by atoms with Crippen molar-refractivity contribution in [1.82, 2.24) is 20.0 Å². The molecule has 1 aliphatic heterocycles. The number of carbonyl (C=O) groups excluding carboxylic acids is 1. The van der Waals surface area contributed by atoms with E-state index >= 15 is 0 Å². The number of rotatable bonds is 6. The van der Waals surface area contributed by atoms with Crippen LogP contribution in [0.25, 0.3) is 5.69 Å². The smallest absolute Gasteiger partial charge is 0.257 e. The normalized spacial score (nSPS) is 18.6. The van der Waals surface area contributed by atoms with Crippen LogP contribution in [0.15, 0.2) is 36.5 Å². The standard InChI is InChI=1S/C24H36N4O/c1-7-8-14-27(20-15-23(3,4)26-24(5,6)16-20)22(29)21-17-28(25-18(21)2)19-12-10-9-11-13-19/h9-13,17,20,26H,7-8,14-16H2,1-6H3. The van der Waals surface area contributed by atoms with E-state index < -0.39 is 0 Å². The summed E-state index contributed by atoms with van der Waals surface area (Å²) in [4.78, 5) is 15.8. The summed E-state index contributed by atoms with van der Waals surface area (Å²) in [6, 6.07) is 10.2. The molecule has 1 aliphatic rings. The van der Waals surface area contributed by atoms with Crippen LogP contribution in [0.2, 0.25) is 0 Å². The Hall–Kier alpha value is -2.14. The molecule has 158 valence electrons. The molecule has 0 radical (unpaired) electrons. The Morgan fingerprint density at radius 3 is 2.38 bits per heavy atom. The van der Waals surface area contributed by atoms with Crippen LogP contribution >= 0.6 is 0 Å². The highest BCUT2D eigenvalue weighted by molar-refractivity contribution is 5.95. The number of aromatic nitrogens is 2. The van der Waals surface area contributed by atoms with E-state index in [9.17, 15) is 4.79 Å². The number of nitrogens with one attached hydrogen (secondary N) is 1. The van der Waals surface area contributed by atoms with Crippen LogP contribution < -0.4 is 5.32 Å². The van der Waals surface area contributed by atoms with Gasteiger partial charge in [0.1, 0.15) is 0 Å². The van der Waals surface area contributed by atoms with Gasteiger partial charge < -0.3 is 10.2 Å². The average Bonchev–Trinajstić information content (AvgIpc) is 3.02. The Bertz CT molecular complexity index is 822. The Morgan fingerprint density at radius 1 is 1.17 bits per heavy atom. The topological polar surface area (TPSA) is 50.2 Å². The summed E-state index contributed by atoms with van der Waals surface area (Å²) in [6.45, 7) is 13.9. The molecule has 1 aromatic carbocycles. The first-order chi connectivity index (χ1) is 13.6. The Kier molecular flexibility index (Phi) is 6.18. The first kappa shape index (κ1) is 21.6. The molecule has 2 aromatic rings. The zero-order valence-corrected chi connectivity index (χ0v) is 18.8. The second-order valence-corrected chi connectivity index (χ2v) is 9.72. The zero-order chi connectivity index (χ0) is 21.2. The van der Waals surface area contributed by atoms with Crippen molar-refractivity contribution in [3.05, 3.63) is 47.8 Å². The number of hydrogen-bond donors (Lipinski definition) is 1. The van der Waals surface area contributed by atoms with Gasteiger partial charge in [0.05, 0.1) is 16.9 Å². The first-order valence-electron chi connectivity index (χ1n) is 10.8. The van der Waals surface area contributed by atoms with Crippen LogP contribution in [0, 0.1) is 6.92 Å². The predicted octanol–water partition coefficient (Wildman–Crippen LogP) is 4.73. The molecular weight excluding hydrogens is 360 g/mol. The molecule has 2 heterocycles. The summed E-state index contributed by atoms with van der Waals surface area (Å²) in [5, 5.41) is 8.36. The van der Waals surface area contributed by atoms with Crippen LogP contribution in [0.4, 0.5) is 0 Å². The van der Waals surface area contributed by atoms with E-state index in [1.54, 1.807) is 0 Å². The molecule has 1 aromatic heterocycles. The molecule has 5 heteroatoms. The number of para-hydroxylation sites is 1. The molecule has 1 saturated heterocycles. The van der Waals surface area contributed by atoms with E-state index in [4.69, 9.17) is 0 Å². The number of nitrogens with zero attached hydrogens (tertiary/aromatic N) is 3. The van der Waals surface area contributed by atoms with Gasteiger partial charge in [-0.25, -0.2) is 4.68 Å². The highest BCUT2D eigenvalue weighted by Crippen LogP contribution is 2.32. The summed E-state index contributed by atoms with van der Waals surface area (Å²) in [5.41, 5.74) is 2.46. The monoisotopic (exact) mass is 396 g/mol. The molecule has 3 rings (SSSR count). The second kappa shape index (κ2) is 8.31. The molecule has 29 heavy (non-hydrogen) atoms. The number of carbonyl (C=O) groups is 1. The fourth-order valence-electron chi connectivity index (χ4n) is 4.80. The summed E-state index contributed by atoms with van der Waals surface area (Å²) in [7, 11) is 0. The number of hydrogen-bond acceptors (Lipinski definition) is 3. The lowest BCUT2D eigenvalue weighted by Crippen LogP contribution is -2.62.